The number of aryl methyl sites for hydroxylation is 1. The Bertz CT molecular complexity index is 1590. The van der Waals surface area contributed by atoms with Crippen LogP contribution < -0.4 is 10.6 Å². The van der Waals surface area contributed by atoms with Crippen molar-refractivity contribution in [1.29, 1.82) is 0 Å². The first-order valence-corrected chi connectivity index (χ1v) is 16.3. The van der Waals surface area contributed by atoms with Crippen molar-refractivity contribution >= 4 is 38.9 Å². The first-order chi connectivity index (χ1) is 20.4. The van der Waals surface area contributed by atoms with Gasteiger partial charge in [0.1, 0.15) is 0 Å². The van der Waals surface area contributed by atoms with Crippen LogP contribution >= 0.6 is 11.6 Å². The van der Waals surface area contributed by atoms with Crippen LogP contribution in [0.5, 0.6) is 0 Å². The molecule has 1 saturated carbocycles. The van der Waals surface area contributed by atoms with E-state index in [-0.39, 0.29) is 22.7 Å². The standard InChI is InChI=1S/C32H35ClF3N3O3S/c1-20-12-15-25(19-27(20)32(34,35)36)38-31(40)26-9-6-18-39(43(41,42)29-11-5-10-28(33)21(29)2)30(26)22-13-16-24(17-14-22)37-23-7-3-4-8-23/h5,10-17,19,23,26,30,37H,3-4,6-9,18H2,1-2H3,(H,38,40)/t26-,30-/m0/s1. The molecule has 0 bridgehead atoms. The number of amides is 1. The molecule has 1 aliphatic heterocycles. The lowest BCUT2D eigenvalue weighted by Gasteiger charge is -2.40. The van der Waals surface area contributed by atoms with Gasteiger partial charge in [0.15, 0.2) is 0 Å². The minimum absolute atomic E-state index is 0.00320. The number of nitrogens with one attached hydrogen (secondary N) is 2. The van der Waals surface area contributed by atoms with E-state index >= 15 is 0 Å². The maximum absolute atomic E-state index is 14.2. The van der Waals surface area contributed by atoms with Crippen LogP contribution in [0, 0.1) is 19.8 Å². The molecule has 1 heterocycles. The zero-order valence-corrected chi connectivity index (χ0v) is 25.6. The number of sulfonamides is 1. The van der Waals surface area contributed by atoms with Gasteiger partial charge in [-0.25, -0.2) is 8.42 Å². The number of rotatable bonds is 7. The number of nitrogens with zero attached hydrogens (tertiary/aromatic N) is 1. The number of piperidine rings is 1. The molecule has 5 rings (SSSR count). The van der Waals surface area contributed by atoms with Crippen molar-refractivity contribution in [2.24, 2.45) is 5.92 Å². The van der Waals surface area contributed by atoms with Crippen molar-refractivity contribution < 1.29 is 26.4 Å². The average molecular weight is 634 g/mol. The van der Waals surface area contributed by atoms with Crippen molar-refractivity contribution in [2.45, 2.75) is 75.5 Å². The van der Waals surface area contributed by atoms with E-state index < -0.39 is 39.6 Å². The zero-order valence-electron chi connectivity index (χ0n) is 24.0. The summed E-state index contributed by atoms with van der Waals surface area (Å²) in [4.78, 5) is 13.8. The lowest BCUT2D eigenvalue weighted by atomic mass is 9.85. The number of alkyl halides is 3. The Balaban J connectivity index is 1.51. The van der Waals surface area contributed by atoms with Gasteiger partial charge in [-0.05, 0) is 92.6 Å². The van der Waals surface area contributed by atoms with Crippen LogP contribution in [-0.2, 0) is 21.0 Å². The molecular weight excluding hydrogens is 599 g/mol. The third-order valence-corrected chi connectivity index (χ3v) is 10.9. The fraction of sp³-hybridized carbons (Fsp3) is 0.406. The van der Waals surface area contributed by atoms with Gasteiger partial charge in [-0.3, -0.25) is 4.79 Å². The first kappa shape index (κ1) is 31.3. The maximum Gasteiger partial charge on any atom is 0.416 e. The van der Waals surface area contributed by atoms with Gasteiger partial charge in [-0.2, -0.15) is 17.5 Å². The SMILES string of the molecule is Cc1ccc(NC(=O)[C@H]2CCCN(S(=O)(=O)c3cccc(Cl)c3C)[C@H]2c2ccc(NC3CCCC3)cc2)cc1C(F)(F)F. The van der Waals surface area contributed by atoms with E-state index in [1.54, 1.807) is 19.1 Å². The van der Waals surface area contributed by atoms with E-state index in [9.17, 15) is 26.4 Å². The monoisotopic (exact) mass is 633 g/mol. The van der Waals surface area contributed by atoms with Crippen LogP contribution in [-0.4, -0.2) is 31.2 Å². The van der Waals surface area contributed by atoms with E-state index in [4.69, 9.17) is 11.6 Å². The van der Waals surface area contributed by atoms with Crippen molar-refractivity contribution in [3.05, 3.63) is 87.9 Å². The molecule has 2 fully saturated rings. The summed E-state index contributed by atoms with van der Waals surface area (Å²) in [5.41, 5.74) is 1.15. The number of halogens is 4. The van der Waals surface area contributed by atoms with E-state index in [0.717, 1.165) is 24.6 Å². The lowest BCUT2D eigenvalue weighted by molar-refractivity contribution is -0.138. The van der Waals surface area contributed by atoms with Crippen LogP contribution in [0.1, 0.15) is 66.8 Å². The quantitative estimate of drug-likeness (QED) is 0.276. The summed E-state index contributed by atoms with van der Waals surface area (Å²) in [6.45, 7) is 3.17. The summed E-state index contributed by atoms with van der Waals surface area (Å²) in [6, 6.07) is 15.3. The third kappa shape index (κ3) is 6.71. The highest BCUT2D eigenvalue weighted by Gasteiger charge is 2.44. The first-order valence-electron chi connectivity index (χ1n) is 14.5. The van der Waals surface area contributed by atoms with Gasteiger partial charge in [-0.1, -0.05) is 48.7 Å². The molecule has 3 aromatic rings. The molecule has 43 heavy (non-hydrogen) atoms. The second-order valence-electron chi connectivity index (χ2n) is 11.4. The normalized spacial score (nSPS) is 20.2. The van der Waals surface area contributed by atoms with Crippen molar-refractivity contribution in [3.8, 4) is 0 Å². The number of hydrogen-bond acceptors (Lipinski definition) is 4. The highest BCUT2D eigenvalue weighted by atomic mass is 35.5. The minimum atomic E-state index is -4.58. The van der Waals surface area contributed by atoms with Gasteiger partial charge < -0.3 is 10.6 Å². The molecule has 3 aromatic carbocycles. The summed E-state index contributed by atoms with van der Waals surface area (Å²) < 4.78 is 70.4. The Labute approximate surface area is 255 Å². The fourth-order valence-corrected chi connectivity index (χ4v) is 8.39. The molecule has 0 unspecified atom stereocenters. The van der Waals surface area contributed by atoms with Crippen molar-refractivity contribution in [1.82, 2.24) is 4.31 Å². The summed E-state index contributed by atoms with van der Waals surface area (Å²) >= 11 is 6.29. The van der Waals surface area contributed by atoms with Crippen LogP contribution in [0.2, 0.25) is 5.02 Å². The van der Waals surface area contributed by atoms with Crippen LogP contribution in [0.15, 0.2) is 65.6 Å². The Morgan fingerprint density at radius 3 is 2.28 bits per heavy atom. The fourth-order valence-electron chi connectivity index (χ4n) is 6.22. The number of carbonyl (C=O) groups excluding carboxylic acids is 1. The lowest BCUT2D eigenvalue weighted by Crippen LogP contribution is -2.46. The van der Waals surface area contributed by atoms with Gasteiger partial charge in [-0.15, -0.1) is 0 Å². The molecule has 0 spiro atoms. The minimum Gasteiger partial charge on any atom is -0.382 e. The predicted octanol–water partition coefficient (Wildman–Crippen LogP) is 8.11. The Kier molecular flexibility index (Phi) is 9.11. The van der Waals surface area contributed by atoms with Gasteiger partial charge in [0.25, 0.3) is 0 Å². The molecule has 11 heteroatoms. The second-order valence-corrected chi connectivity index (χ2v) is 13.7. The third-order valence-electron chi connectivity index (χ3n) is 8.52. The molecule has 2 aliphatic rings. The molecule has 2 atom stereocenters. The number of carbonyl (C=O) groups is 1. The zero-order chi connectivity index (χ0) is 30.9. The molecule has 0 aromatic heterocycles. The Morgan fingerprint density at radius 2 is 1.60 bits per heavy atom. The van der Waals surface area contributed by atoms with Crippen molar-refractivity contribution in [3.63, 3.8) is 0 Å². The smallest absolute Gasteiger partial charge is 0.382 e. The van der Waals surface area contributed by atoms with E-state index in [2.05, 4.69) is 10.6 Å². The van der Waals surface area contributed by atoms with E-state index in [1.165, 1.54) is 42.3 Å². The van der Waals surface area contributed by atoms with Crippen LogP contribution in [0.4, 0.5) is 24.5 Å². The molecule has 0 radical (unpaired) electrons. The molecule has 1 amide bonds. The maximum atomic E-state index is 14.2. The second kappa shape index (κ2) is 12.5. The van der Waals surface area contributed by atoms with Crippen LogP contribution in [0.3, 0.4) is 0 Å². The molecule has 6 nitrogen and oxygen atoms in total. The van der Waals surface area contributed by atoms with Gasteiger partial charge in [0.2, 0.25) is 15.9 Å². The molecule has 230 valence electrons. The molecular formula is C32H35ClF3N3O3S. The topological polar surface area (TPSA) is 78.5 Å². The summed E-state index contributed by atoms with van der Waals surface area (Å²) in [6.07, 6.45) is 0.713. The van der Waals surface area contributed by atoms with Gasteiger partial charge in [0, 0.05) is 29.0 Å². The van der Waals surface area contributed by atoms with Crippen molar-refractivity contribution in [2.75, 3.05) is 17.2 Å². The number of anilines is 2. The number of benzene rings is 3. The van der Waals surface area contributed by atoms with Gasteiger partial charge >= 0.3 is 6.18 Å². The number of hydrogen-bond donors (Lipinski definition) is 2. The highest BCUT2D eigenvalue weighted by Crippen LogP contribution is 2.42. The van der Waals surface area contributed by atoms with Gasteiger partial charge in [0.05, 0.1) is 22.4 Å². The van der Waals surface area contributed by atoms with Crippen LogP contribution in [0.25, 0.3) is 0 Å². The largest absolute Gasteiger partial charge is 0.416 e. The Hall–Kier alpha value is -3.08. The Morgan fingerprint density at radius 1 is 0.930 bits per heavy atom. The molecule has 2 N–H and O–H groups in total. The average Bonchev–Trinajstić information content (AvgIpc) is 3.48. The summed E-state index contributed by atoms with van der Waals surface area (Å²) in [5, 5.41) is 6.48. The summed E-state index contributed by atoms with van der Waals surface area (Å²) in [7, 11) is -4.11. The molecule has 1 saturated heterocycles. The van der Waals surface area contributed by atoms with E-state index in [0.29, 0.717) is 35.0 Å². The summed E-state index contributed by atoms with van der Waals surface area (Å²) in [5.74, 6) is -1.40. The van der Waals surface area contributed by atoms with E-state index in [1.807, 2.05) is 24.3 Å². The predicted molar refractivity (Wildman–Crippen MR) is 163 cm³/mol. The molecule has 1 aliphatic carbocycles. The highest BCUT2D eigenvalue weighted by molar-refractivity contribution is 7.89.